The predicted octanol–water partition coefficient (Wildman–Crippen LogP) is 1.87. The van der Waals surface area contributed by atoms with Crippen LogP contribution in [0, 0.1) is 25.2 Å². The molecule has 0 spiro atoms. The fourth-order valence-corrected chi connectivity index (χ4v) is 1.23. The Balaban J connectivity index is 3.55. The van der Waals surface area contributed by atoms with E-state index in [1.165, 1.54) is 0 Å². The average Bonchev–Trinajstić information content (AvgIpc) is 2.07. The third-order valence-corrected chi connectivity index (χ3v) is 1.95. The van der Waals surface area contributed by atoms with E-state index in [4.69, 9.17) is 10.4 Å². The molecule has 3 heteroatoms. The van der Waals surface area contributed by atoms with E-state index in [2.05, 4.69) is 0 Å². The van der Waals surface area contributed by atoms with Crippen LogP contribution in [0.3, 0.4) is 0 Å². The fourth-order valence-electron chi connectivity index (χ4n) is 1.23. The summed E-state index contributed by atoms with van der Waals surface area (Å²) in [5.74, 6) is -1.04. The van der Waals surface area contributed by atoms with Crippen LogP contribution in [-0.2, 0) is 0 Å². The normalized spacial score (nSPS) is 9.31. The van der Waals surface area contributed by atoms with Gasteiger partial charge in [-0.05, 0) is 25.0 Å². The highest BCUT2D eigenvalue weighted by Crippen LogP contribution is 2.17. The first-order valence-corrected chi connectivity index (χ1v) is 3.81. The van der Waals surface area contributed by atoms with Gasteiger partial charge in [-0.2, -0.15) is 5.26 Å². The Morgan fingerprint density at radius 3 is 2.31 bits per heavy atom. The number of rotatable bonds is 1. The number of benzene rings is 1. The van der Waals surface area contributed by atoms with Gasteiger partial charge in [0, 0.05) is 0 Å². The van der Waals surface area contributed by atoms with Crippen LogP contribution in [0.1, 0.15) is 27.0 Å². The largest absolute Gasteiger partial charge is 0.478 e. The molecule has 0 aliphatic rings. The molecule has 1 rings (SSSR count). The maximum atomic E-state index is 10.8. The molecule has 0 heterocycles. The Hall–Kier alpha value is -1.82. The molecule has 0 atom stereocenters. The number of nitriles is 1. The molecule has 13 heavy (non-hydrogen) atoms. The Morgan fingerprint density at radius 1 is 1.38 bits per heavy atom. The van der Waals surface area contributed by atoms with E-state index in [0.717, 1.165) is 0 Å². The van der Waals surface area contributed by atoms with E-state index < -0.39 is 5.97 Å². The molecular formula is C10H9NO2. The zero-order valence-electron chi connectivity index (χ0n) is 7.46. The third kappa shape index (κ3) is 1.52. The lowest BCUT2D eigenvalue weighted by Gasteiger charge is -2.04. The van der Waals surface area contributed by atoms with Crippen molar-refractivity contribution < 1.29 is 9.90 Å². The lowest BCUT2D eigenvalue weighted by atomic mass is 9.98. The van der Waals surface area contributed by atoms with E-state index in [1.807, 2.05) is 6.07 Å². The van der Waals surface area contributed by atoms with E-state index in [0.29, 0.717) is 11.1 Å². The summed E-state index contributed by atoms with van der Waals surface area (Å²) in [6, 6.07) is 5.36. The Kier molecular flexibility index (Phi) is 2.34. The van der Waals surface area contributed by atoms with E-state index in [1.54, 1.807) is 26.0 Å². The summed E-state index contributed by atoms with van der Waals surface area (Å²) in [5.41, 5.74) is 1.69. The molecule has 0 saturated carbocycles. The predicted molar refractivity (Wildman–Crippen MR) is 47.6 cm³/mol. The van der Waals surface area contributed by atoms with Crippen molar-refractivity contribution in [2.45, 2.75) is 13.8 Å². The Morgan fingerprint density at radius 2 is 1.92 bits per heavy atom. The summed E-state index contributed by atoms with van der Waals surface area (Å²) < 4.78 is 0. The maximum Gasteiger partial charge on any atom is 0.337 e. The number of carbonyl (C=O) groups is 1. The van der Waals surface area contributed by atoms with Crippen LogP contribution in [-0.4, -0.2) is 11.1 Å². The second-order valence-electron chi connectivity index (χ2n) is 2.87. The molecule has 0 unspecified atom stereocenters. The highest BCUT2D eigenvalue weighted by atomic mass is 16.4. The summed E-state index contributed by atoms with van der Waals surface area (Å²) in [7, 11) is 0. The molecule has 1 aromatic rings. The van der Waals surface area contributed by atoms with Crippen LogP contribution < -0.4 is 0 Å². The number of carboxylic acids is 1. The van der Waals surface area contributed by atoms with Crippen molar-refractivity contribution in [1.29, 1.82) is 5.26 Å². The van der Waals surface area contributed by atoms with Crippen molar-refractivity contribution in [1.82, 2.24) is 0 Å². The Labute approximate surface area is 76.2 Å². The van der Waals surface area contributed by atoms with Gasteiger partial charge >= 0.3 is 5.97 Å². The molecule has 0 fully saturated rings. The first-order chi connectivity index (χ1) is 6.07. The third-order valence-electron chi connectivity index (χ3n) is 1.95. The molecular weight excluding hydrogens is 166 g/mol. The van der Waals surface area contributed by atoms with E-state index in [9.17, 15) is 4.79 Å². The van der Waals surface area contributed by atoms with Crippen LogP contribution in [0.25, 0.3) is 0 Å². The minimum absolute atomic E-state index is 0.113. The SMILES string of the molecule is Cc1ccc(C)c(C(=O)O)c1C#N. The van der Waals surface area contributed by atoms with Crippen molar-refractivity contribution >= 4 is 5.97 Å². The second-order valence-corrected chi connectivity index (χ2v) is 2.87. The quantitative estimate of drug-likeness (QED) is 0.708. The van der Waals surface area contributed by atoms with Crippen molar-refractivity contribution in [3.63, 3.8) is 0 Å². The summed E-state index contributed by atoms with van der Waals surface area (Å²) in [6.07, 6.45) is 0. The van der Waals surface area contributed by atoms with Crippen LogP contribution >= 0.6 is 0 Å². The van der Waals surface area contributed by atoms with Crippen molar-refractivity contribution in [3.05, 3.63) is 34.4 Å². The van der Waals surface area contributed by atoms with Crippen molar-refractivity contribution in [3.8, 4) is 6.07 Å². The zero-order valence-corrected chi connectivity index (χ0v) is 7.46. The van der Waals surface area contributed by atoms with Crippen molar-refractivity contribution in [2.75, 3.05) is 0 Å². The molecule has 0 saturated heterocycles. The number of aromatic carboxylic acids is 1. The lowest BCUT2D eigenvalue weighted by molar-refractivity contribution is 0.0695. The van der Waals surface area contributed by atoms with Gasteiger partial charge < -0.3 is 5.11 Å². The zero-order chi connectivity index (χ0) is 10.0. The highest BCUT2D eigenvalue weighted by Gasteiger charge is 2.14. The smallest absolute Gasteiger partial charge is 0.337 e. The maximum absolute atomic E-state index is 10.8. The van der Waals surface area contributed by atoms with Crippen molar-refractivity contribution in [2.24, 2.45) is 0 Å². The van der Waals surface area contributed by atoms with Gasteiger partial charge in [0.1, 0.15) is 6.07 Å². The molecule has 0 bridgehead atoms. The number of hydrogen-bond donors (Lipinski definition) is 1. The number of nitrogens with zero attached hydrogens (tertiary/aromatic N) is 1. The van der Waals surface area contributed by atoms with E-state index in [-0.39, 0.29) is 11.1 Å². The van der Waals surface area contributed by atoms with Crippen LogP contribution in [0.4, 0.5) is 0 Å². The number of carboxylic acid groups (broad SMARTS) is 1. The topological polar surface area (TPSA) is 61.1 Å². The lowest BCUT2D eigenvalue weighted by Crippen LogP contribution is -2.04. The molecule has 1 N–H and O–H groups in total. The molecule has 0 amide bonds. The standard InChI is InChI=1S/C10H9NO2/c1-6-3-4-7(2)9(10(12)13)8(6)5-11/h3-4H,1-2H3,(H,12,13). The minimum Gasteiger partial charge on any atom is -0.478 e. The van der Waals surface area contributed by atoms with Gasteiger partial charge in [-0.25, -0.2) is 4.79 Å². The first-order valence-electron chi connectivity index (χ1n) is 3.81. The van der Waals surface area contributed by atoms with Gasteiger partial charge in [0.15, 0.2) is 0 Å². The summed E-state index contributed by atoms with van der Waals surface area (Å²) in [4.78, 5) is 10.8. The number of hydrogen-bond acceptors (Lipinski definition) is 2. The Bertz CT molecular complexity index is 402. The average molecular weight is 175 g/mol. The number of aryl methyl sites for hydroxylation is 2. The van der Waals surface area contributed by atoms with Gasteiger partial charge in [-0.1, -0.05) is 12.1 Å². The monoisotopic (exact) mass is 175 g/mol. The second kappa shape index (κ2) is 3.28. The summed E-state index contributed by atoms with van der Waals surface area (Å²) in [6.45, 7) is 3.41. The fraction of sp³-hybridized carbons (Fsp3) is 0.200. The van der Waals surface area contributed by atoms with E-state index >= 15 is 0 Å². The first kappa shape index (κ1) is 9.27. The summed E-state index contributed by atoms with van der Waals surface area (Å²) >= 11 is 0. The summed E-state index contributed by atoms with van der Waals surface area (Å²) in [5, 5.41) is 17.6. The van der Waals surface area contributed by atoms with Gasteiger partial charge in [0.05, 0.1) is 11.1 Å². The van der Waals surface area contributed by atoms with Gasteiger partial charge in [-0.15, -0.1) is 0 Å². The molecule has 66 valence electrons. The van der Waals surface area contributed by atoms with Crippen LogP contribution in [0.2, 0.25) is 0 Å². The minimum atomic E-state index is -1.04. The van der Waals surface area contributed by atoms with Gasteiger partial charge in [-0.3, -0.25) is 0 Å². The van der Waals surface area contributed by atoms with Gasteiger partial charge in [0.25, 0.3) is 0 Å². The molecule has 0 aliphatic carbocycles. The molecule has 1 aromatic carbocycles. The molecule has 0 radical (unpaired) electrons. The van der Waals surface area contributed by atoms with Crippen LogP contribution in [0.15, 0.2) is 12.1 Å². The molecule has 0 aromatic heterocycles. The van der Waals surface area contributed by atoms with Gasteiger partial charge in [0.2, 0.25) is 0 Å². The van der Waals surface area contributed by atoms with Crippen LogP contribution in [0.5, 0.6) is 0 Å². The molecule has 3 nitrogen and oxygen atoms in total. The highest BCUT2D eigenvalue weighted by molar-refractivity contribution is 5.92. The molecule has 0 aliphatic heterocycles.